The topological polar surface area (TPSA) is 151 Å². The summed E-state index contributed by atoms with van der Waals surface area (Å²) < 4.78 is 38.3. The van der Waals surface area contributed by atoms with E-state index < -0.39 is 10.0 Å². The average Bonchev–Trinajstić information content (AvgIpc) is 3.64. The van der Waals surface area contributed by atoms with Crippen LogP contribution in [0.25, 0.3) is 11.0 Å². The minimum atomic E-state index is -3.90. The Bertz CT molecular complexity index is 2000. The highest BCUT2D eigenvalue weighted by molar-refractivity contribution is 7.89. The number of nitrogens with zero attached hydrogens (tertiary/aromatic N) is 7. The smallest absolute Gasteiger partial charge is 0.248 e. The zero-order valence-corrected chi connectivity index (χ0v) is 26.5. The minimum absolute atomic E-state index is 0.0563. The number of hydrogen-bond donors (Lipinski definition) is 1. The lowest BCUT2D eigenvalue weighted by Crippen LogP contribution is -2.36. The summed E-state index contributed by atoms with van der Waals surface area (Å²) in [6.45, 7) is 8.92. The lowest BCUT2D eigenvalue weighted by atomic mass is 9.84. The molecule has 0 fully saturated rings. The van der Waals surface area contributed by atoms with Crippen LogP contribution in [0.5, 0.6) is 5.88 Å². The molecular weight excluding hydrogens is 592 g/mol. The summed E-state index contributed by atoms with van der Waals surface area (Å²) in [5.74, 6) is -0.217. The van der Waals surface area contributed by atoms with Gasteiger partial charge in [0.15, 0.2) is 0 Å². The lowest BCUT2D eigenvalue weighted by Gasteiger charge is -2.25. The van der Waals surface area contributed by atoms with Crippen molar-refractivity contribution in [2.75, 3.05) is 12.3 Å². The van der Waals surface area contributed by atoms with E-state index in [1.165, 1.54) is 21.3 Å². The maximum absolute atomic E-state index is 13.9. The first kappa shape index (κ1) is 30.4. The third kappa shape index (κ3) is 5.69. The molecule has 12 nitrogen and oxygen atoms in total. The number of carbonyl (C=O) groups is 1. The fourth-order valence-electron chi connectivity index (χ4n) is 5.90. The molecule has 13 heteroatoms. The maximum atomic E-state index is 13.9. The molecule has 1 aliphatic heterocycles. The molecule has 0 saturated heterocycles. The van der Waals surface area contributed by atoms with Crippen LogP contribution in [0.1, 0.15) is 65.2 Å². The van der Waals surface area contributed by atoms with E-state index in [4.69, 9.17) is 10.5 Å². The molecule has 2 atom stereocenters. The van der Waals surface area contributed by atoms with E-state index in [2.05, 4.69) is 20.4 Å². The highest BCUT2D eigenvalue weighted by atomic mass is 32.2. The standard InChI is InChI=1S/C32H36N8O4S/c1-5-24-19-38(45(42,43)28-8-7-14-34-32(28)44-24)18-23-16-22(10-9-20(23)3)26(17-30(41)40-15-13-29(33)36-40)25-11-12-27-31(21(25)4)35-37-39(27)6-2/h7-16,24,26H,5-6,17-19H2,1-4H3,(H2,33,36)/t24-,26?/m1/s1. The molecule has 5 aromatic rings. The maximum Gasteiger partial charge on any atom is 0.248 e. The third-order valence-corrected chi connectivity index (χ3v) is 10.3. The van der Waals surface area contributed by atoms with Gasteiger partial charge in [-0.2, -0.15) is 4.31 Å². The molecular formula is C32H36N8O4S. The van der Waals surface area contributed by atoms with Crippen molar-refractivity contribution in [1.29, 1.82) is 0 Å². The Hall–Kier alpha value is -4.62. The van der Waals surface area contributed by atoms with E-state index in [1.54, 1.807) is 18.3 Å². The molecule has 234 valence electrons. The zero-order valence-electron chi connectivity index (χ0n) is 25.7. The number of anilines is 1. The van der Waals surface area contributed by atoms with Crippen molar-refractivity contribution in [3.8, 4) is 5.88 Å². The Morgan fingerprint density at radius 3 is 2.69 bits per heavy atom. The second-order valence-electron chi connectivity index (χ2n) is 11.3. The van der Waals surface area contributed by atoms with Crippen molar-refractivity contribution in [2.24, 2.45) is 0 Å². The van der Waals surface area contributed by atoms with Crippen LogP contribution in [0.2, 0.25) is 0 Å². The number of hydrogen-bond acceptors (Lipinski definition) is 9. The van der Waals surface area contributed by atoms with E-state index in [0.29, 0.717) is 13.0 Å². The number of carbonyl (C=O) groups excluding carboxylic acids is 1. The highest BCUT2D eigenvalue weighted by Crippen LogP contribution is 2.36. The van der Waals surface area contributed by atoms with Gasteiger partial charge in [0, 0.05) is 43.9 Å². The van der Waals surface area contributed by atoms with Gasteiger partial charge in [0.05, 0.1) is 12.1 Å². The van der Waals surface area contributed by atoms with E-state index in [9.17, 15) is 13.2 Å². The summed E-state index contributed by atoms with van der Waals surface area (Å²) in [4.78, 5) is 17.8. The van der Waals surface area contributed by atoms with Crippen LogP contribution in [0, 0.1) is 13.8 Å². The molecule has 4 heterocycles. The van der Waals surface area contributed by atoms with Crippen LogP contribution in [-0.4, -0.2) is 61.0 Å². The molecule has 1 unspecified atom stereocenters. The lowest BCUT2D eigenvalue weighted by molar-refractivity contribution is 0.0881. The predicted octanol–water partition coefficient (Wildman–Crippen LogP) is 4.47. The summed E-state index contributed by atoms with van der Waals surface area (Å²) in [5, 5.41) is 12.9. The van der Waals surface area contributed by atoms with E-state index in [1.807, 2.05) is 62.7 Å². The van der Waals surface area contributed by atoms with Crippen LogP contribution in [-0.2, 0) is 23.1 Å². The largest absolute Gasteiger partial charge is 0.472 e. The monoisotopic (exact) mass is 628 g/mol. The van der Waals surface area contributed by atoms with E-state index >= 15 is 0 Å². The van der Waals surface area contributed by atoms with Gasteiger partial charge >= 0.3 is 0 Å². The third-order valence-electron chi connectivity index (χ3n) is 8.52. The average molecular weight is 629 g/mol. The quantitative estimate of drug-likeness (QED) is 0.263. The number of benzene rings is 2. The first-order valence-corrected chi connectivity index (χ1v) is 16.4. The number of nitrogens with two attached hydrogens (primary N) is 1. The SMILES string of the molecule is CC[C@@H]1CN(Cc2cc(C(CC(=O)n3ccc(N)n3)c3ccc4c(nnn4CC)c3C)ccc2C)S(=O)(=O)c2cccnc2O1. The molecule has 2 N–H and O–H groups in total. The molecule has 0 aliphatic carbocycles. The van der Waals surface area contributed by atoms with Gasteiger partial charge in [-0.25, -0.2) is 22.8 Å². The molecule has 1 aliphatic rings. The number of pyridine rings is 1. The molecule has 0 radical (unpaired) electrons. The van der Waals surface area contributed by atoms with Gasteiger partial charge in [-0.05, 0) is 73.2 Å². The van der Waals surface area contributed by atoms with Crippen molar-refractivity contribution in [1.82, 2.24) is 34.1 Å². The second kappa shape index (κ2) is 12.1. The molecule has 0 spiro atoms. The van der Waals surface area contributed by atoms with Crippen molar-refractivity contribution in [3.05, 3.63) is 88.7 Å². The summed E-state index contributed by atoms with van der Waals surface area (Å²) in [6.07, 6.45) is 3.46. The zero-order chi connectivity index (χ0) is 31.9. The van der Waals surface area contributed by atoms with Gasteiger partial charge in [0.25, 0.3) is 0 Å². The highest BCUT2D eigenvalue weighted by Gasteiger charge is 2.35. The number of sulfonamides is 1. The van der Waals surface area contributed by atoms with Crippen LogP contribution >= 0.6 is 0 Å². The van der Waals surface area contributed by atoms with Crippen LogP contribution in [0.4, 0.5) is 5.82 Å². The summed E-state index contributed by atoms with van der Waals surface area (Å²) >= 11 is 0. The normalized spacial score (nSPS) is 17.0. The molecule has 0 bridgehead atoms. The first-order valence-electron chi connectivity index (χ1n) is 15.0. The second-order valence-corrected chi connectivity index (χ2v) is 13.2. The number of fused-ring (bicyclic) bond motifs is 2. The van der Waals surface area contributed by atoms with Crippen molar-refractivity contribution >= 4 is 32.8 Å². The number of ether oxygens (including phenoxy) is 1. The Morgan fingerprint density at radius 1 is 1.13 bits per heavy atom. The van der Waals surface area contributed by atoms with E-state index in [-0.39, 0.29) is 54.0 Å². The van der Waals surface area contributed by atoms with Gasteiger partial charge in [0.2, 0.25) is 21.8 Å². The first-order chi connectivity index (χ1) is 21.6. The van der Waals surface area contributed by atoms with E-state index in [0.717, 1.165) is 38.9 Å². The molecule has 6 rings (SSSR count). The van der Waals surface area contributed by atoms with Crippen LogP contribution in [0.3, 0.4) is 0 Å². The minimum Gasteiger partial charge on any atom is -0.472 e. The molecule has 0 saturated carbocycles. The fourth-order valence-corrected chi connectivity index (χ4v) is 7.42. The summed E-state index contributed by atoms with van der Waals surface area (Å²) in [6, 6.07) is 14.7. The fraction of sp³-hybridized carbons (Fsp3) is 0.344. The van der Waals surface area contributed by atoms with Gasteiger partial charge in [-0.1, -0.05) is 36.4 Å². The Labute approximate surface area is 261 Å². The molecule has 3 aromatic heterocycles. The molecule has 2 aromatic carbocycles. The Balaban J connectivity index is 1.42. The van der Waals surface area contributed by atoms with Crippen molar-refractivity contribution < 1.29 is 17.9 Å². The Kier molecular flexibility index (Phi) is 8.14. The van der Waals surface area contributed by atoms with Crippen molar-refractivity contribution in [2.45, 2.75) is 70.5 Å². The number of aromatic nitrogens is 6. The van der Waals surface area contributed by atoms with Crippen LogP contribution < -0.4 is 10.5 Å². The van der Waals surface area contributed by atoms with Gasteiger partial charge in [-0.15, -0.1) is 10.2 Å². The summed E-state index contributed by atoms with van der Waals surface area (Å²) in [5.41, 5.74) is 12.0. The molecule has 0 amide bonds. The molecule has 45 heavy (non-hydrogen) atoms. The van der Waals surface area contributed by atoms with Gasteiger partial charge in [-0.3, -0.25) is 4.79 Å². The number of nitrogen functional groups attached to an aromatic ring is 1. The van der Waals surface area contributed by atoms with Gasteiger partial charge < -0.3 is 10.5 Å². The van der Waals surface area contributed by atoms with Gasteiger partial charge in [0.1, 0.15) is 22.3 Å². The van der Waals surface area contributed by atoms with Crippen molar-refractivity contribution in [3.63, 3.8) is 0 Å². The van der Waals surface area contributed by atoms with Crippen LogP contribution in [0.15, 0.2) is 65.8 Å². The number of rotatable bonds is 8. The Morgan fingerprint density at radius 2 is 1.96 bits per heavy atom. The number of aryl methyl sites for hydroxylation is 3. The summed E-state index contributed by atoms with van der Waals surface area (Å²) in [7, 11) is -3.90. The predicted molar refractivity (Wildman–Crippen MR) is 169 cm³/mol.